The van der Waals surface area contributed by atoms with Gasteiger partial charge < -0.3 is 0 Å². The first-order chi connectivity index (χ1) is 23.2. The monoisotopic (exact) mass is 708 g/mol. The van der Waals surface area contributed by atoms with Gasteiger partial charge in [0, 0.05) is 39.0 Å². The van der Waals surface area contributed by atoms with E-state index in [9.17, 15) is 0 Å². The zero-order chi connectivity index (χ0) is 32.0. The molecule has 7 heteroatoms. The van der Waals surface area contributed by atoms with Crippen molar-refractivity contribution in [2.75, 3.05) is 0 Å². The van der Waals surface area contributed by atoms with Crippen LogP contribution in [-0.4, -0.2) is 9.97 Å². The van der Waals surface area contributed by atoms with Crippen LogP contribution in [0.25, 0.3) is 53.7 Å². The van der Waals surface area contributed by atoms with Gasteiger partial charge in [-0.15, -0.1) is 56.7 Å². The molecule has 0 bridgehead atoms. The zero-order valence-electron chi connectivity index (χ0n) is 27.1. The molecule has 0 atom stereocenters. The molecule has 47 heavy (non-hydrogen) atoms. The van der Waals surface area contributed by atoms with E-state index in [1.807, 2.05) is 57.5 Å². The fourth-order valence-corrected chi connectivity index (χ4v) is 11.3. The summed E-state index contributed by atoms with van der Waals surface area (Å²) in [5.41, 5.74) is 3.86. The first-order valence-electron chi connectivity index (χ1n) is 16.9. The third-order valence-corrected chi connectivity index (χ3v) is 14.2. The second-order valence-corrected chi connectivity index (χ2v) is 17.7. The van der Waals surface area contributed by atoms with Gasteiger partial charge in [-0.05, 0) is 98.5 Å². The molecule has 7 rings (SSSR count). The van der Waals surface area contributed by atoms with Gasteiger partial charge in [-0.25, -0.2) is 9.97 Å². The maximum Gasteiger partial charge on any atom is 0.108 e. The molecule has 0 unspecified atom stereocenters. The van der Waals surface area contributed by atoms with Crippen molar-refractivity contribution < 1.29 is 0 Å². The fraction of sp³-hybridized carbons (Fsp3) is 0.300. The lowest BCUT2D eigenvalue weighted by molar-refractivity contribution is 0.670. The third-order valence-electron chi connectivity index (χ3n) is 8.42. The summed E-state index contributed by atoms with van der Waals surface area (Å²) in [4.78, 5) is 21.2. The van der Waals surface area contributed by atoms with Crippen molar-refractivity contribution in [3.8, 4) is 19.5 Å². The largest absolute Gasteiger partial charge is 0.243 e. The minimum Gasteiger partial charge on any atom is -0.243 e. The summed E-state index contributed by atoms with van der Waals surface area (Å²) in [6, 6.07) is 26.6. The van der Waals surface area contributed by atoms with E-state index in [-0.39, 0.29) is 0 Å². The molecular formula is C40H40N2S5. The Morgan fingerprint density at radius 2 is 0.915 bits per heavy atom. The molecule has 0 amide bonds. The Kier molecular flexibility index (Phi) is 10.8. The van der Waals surface area contributed by atoms with Gasteiger partial charge in [-0.2, -0.15) is 0 Å². The molecule has 0 N–H and O–H groups in total. The number of unbranched alkanes of at least 4 members (excludes halogenated alkanes) is 6. The van der Waals surface area contributed by atoms with Gasteiger partial charge in [0.05, 0.1) is 20.1 Å². The highest BCUT2D eigenvalue weighted by Gasteiger charge is 2.11. The lowest BCUT2D eigenvalue weighted by Crippen LogP contribution is -1.97. The van der Waals surface area contributed by atoms with Gasteiger partial charge in [0.2, 0.25) is 0 Å². The maximum atomic E-state index is 5.15. The Hall–Kier alpha value is -2.94. The summed E-state index contributed by atoms with van der Waals surface area (Å²) in [6.45, 7) is 4.55. The molecule has 0 spiro atoms. The summed E-state index contributed by atoms with van der Waals surface area (Å²) < 4.78 is 2.34. The van der Waals surface area contributed by atoms with E-state index in [0.29, 0.717) is 0 Å². The molecule has 0 saturated heterocycles. The summed E-state index contributed by atoms with van der Waals surface area (Å²) in [6.07, 6.45) is 17.5. The van der Waals surface area contributed by atoms with Gasteiger partial charge in [0.1, 0.15) is 11.0 Å². The molecule has 0 aliphatic heterocycles. The molecule has 240 valence electrons. The molecule has 0 fully saturated rings. The van der Waals surface area contributed by atoms with Gasteiger partial charge in [-0.3, -0.25) is 0 Å². The lowest BCUT2D eigenvalue weighted by Gasteiger charge is -1.97. The van der Waals surface area contributed by atoms with Crippen LogP contribution < -0.4 is 9.06 Å². The number of fused-ring (bicyclic) bond motifs is 2. The third kappa shape index (κ3) is 7.87. The highest BCUT2D eigenvalue weighted by atomic mass is 32.1. The molecule has 7 aromatic rings. The summed E-state index contributed by atoms with van der Waals surface area (Å²) >= 11 is 9.44. The van der Waals surface area contributed by atoms with Crippen molar-refractivity contribution in [2.24, 2.45) is 0 Å². The van der Waals surface area contributed by atoms with Crippen LogP contribution in [0.1, 0.15) is 84.7 Å². The minimum atomic E-state index is 0.942. The molecular weight excluding hydrogens is 669 g/mol. The molecule has 2 nitrogen and oxygen atoms in total. The van der Waals surface area contributed by atoms with Gasteiger partial charge in [0.15, 0.2) is 0 Å². The van der Waals surface area contributed by atoms with Crippen LogP contribution in [0.5, 0.6) is 0 Å². The van der Waals surface area contributed by atoms with E-state index in [2.05, 4.69) is 86.7 Å². The molecule has 0 saturated carbocycles. The number of para-hydroxylation sites is 2. The van der Waals surface area contributed by atoms with E-state index >= 15 is 0 Å². The number of rotatable bonds is 14. The van der Waals surface area contributed by atoms with Gasteiger partial charge >= 0.3 is 0 Å². The minimum absolute atomic E-state index is 0.942. The van der Waals surface area contributed by atoms with Crippen LogP contribution in [0.3, 0.4) is 0 Å². The normalized spacial score (nSPS) is 12.7. The average molecular weight is 709 g/mol. The maximum absolute atomic E-state index is 5.15. The van der Waals surface area contributed by atoms with Crippen LogP contribution in [0.15, 0.2) is 72.8 Å². The second kappa shape index (κ2) is 15.5. The van der Waals surface area contributed by atoms with Gasteiger partial charge in [-0.1, -0.05) is 64.5 Å². The van der Waals surface area contributed by atoms with Crippen LogP contribution in [0, 0.1) is 0 Å². The number of nitrogens with zero attached hydrogens (tertiary/aromatic N) is 2. The van der Waals surface area contributed by atoms with E-state index in [1.54, 1.807) is 11.3 Å². The van der Waals surface area contributed by atoms with Crippen molar-refractivity contribution in [1.29, 1.82) is 0 Å². The number of thiophene rings is 5. The first-order valence-corrected chi connectivity index (χ1v) is 21.0. The molecule has 6 aromatic heterocycles. The van der Waals surface area contributed by atoms with Crippen LogP contribution in [0.2, 0.25) is 0 Å². The van der Waals surface area contributed by atoms with E-state index in [4.69, 9.17) is 9.97 Å². The number of hydrogen-bond acceptors (Lipinski definition) is 7. The first kappa shape index (κ1) is 32.6. The average Bonchev–Trinajstić information content (AvgIpc) is 3.93. The second-order valence-electron chi connectivity index (χ2n) is 12.1. The topological polar surface area (TPSA) is 25.8 Å². The van der Waals surface area contributed by atoms with Crippen molar-refractivity contribution in [1.82, 2.24) is 9.97 Å². The summed E-state index contributed by atoms with van der Waals surface area (Å²) in [7, 11) is 0. The summed E-state index contributed by atoms with van der Waals surface area (Å²) in [5.74, 6) is 0. The van der Waals surface area contributed by atoms with Crippen molar-refractivity contribution in [2.45, 2.75) is 78.1 Å². The predicted octanol–water partition coefficient (Wildman–Crippen LogP) is 12.3. The van der Waals surface area contributed by atoms with E-state index in [1.165, 1.54) is 112 Å². The Bertz CT molecular complexity index is 2050. The molecule has 0 aliphatic rings. The predicted molar refractivity (Wildman–Crippen MR) is 212 cm³/mol. The number of aryl methyl sites for hydroxylation is 2. The van der Waals surface area contributed by atoms with Crippen molar-refractivity contribution in [3.63, 3.8) is 0 Å². The molecule has 0 aliphatic carbocycles. The van der Waals surface area contributed by atoms with E-state index in [0.717, 1.165) is 22.1 Å². The Morgan fingerprint density at radius 1 is 0.468 bits per heavy atom. The number of hydrogen-bond donors (Lipinski definition) is 0. The highest BCUT2D eigenvalue weighted by Crippen LogP contribution is 2.36. The summed E-state index contributed by atoms with van der Waals surface area (Å²) in [5, 5.41) is 0. The zero-order valence-corrected chi connectivity index (χ0v) is 31.2. The standard InChI is InChI=1S/C40H40N2S5/c1-3-5-7-9-13-27-17-21-33(43-27)35-23-19-29(45-35)25-37-39-40(42-32-16-12-11-15-31(32)41-39)38(47-37)26-30-20-24-36(46-30)34-22-18-28(44-34)14-10-8-6-4-2/h11-12,15-26H,3-10,13-14H2,1-2H3. The highest BCUT2D eigenvalue weighted by molar-refractivity contribution is 7.23. The van der Waals surface area contributed by atoms with Crippen molar-refractivity contribution >= 4 is 90.9 Å². The number of benzene rings is 1. The van der Waals surface area contributed by atoms with Crippen molar-refractivity contribution in [3.05, 3.63) is 101 Å². The Morgan fingerprint density at radius 3 is 1.38 bits per heavy atom. The molecule has 6 heterocycles. The molecule has 1 aromatic carbocycles. The smallest absolute Gasteiger partial charge is 0.108 e. The quantitative estimate of drug-likeness (QED) is 0.105. The van der Waals surface area contributed by atoms with Crippen LogP contribution in [0.4, 0.5) is 0 Å². The SMILES string of the molecule is CCCCCCc1ccc(-c2ccc(C=c3sc(=Cc4ccc(-c5ccc(CCCCCC)s5)s4)c4nc5ccccc5nc34)s2)s1. The van der Waals surface area contributed by atoms with Gasteiger partial charge in [0.25, 0.3) is 0 Å². The Labute approximate surface area is 297 Å². The van der Waals surface area contributed by atoms with E-state index < -0.39 is 0 Å². The van der Waals surface area contributed by atoms with Crippen LogP contribution in [-0.2, 0) is 12.8 Å². The number of aromatic nitrogens is 2. The lowest BCUT2D eigenvalue weighted by atomic mass is 10.1. The Balaban J connectivity index is 1.19. The molecule has 0 radical (unpaired) electrons. The van der Waals surface area contributed by atoms with Crippen LogP contribution >= 0.6 is 56.7 Å². The fourth-order valence-electron chi connectivity index (χ4n) is 5.88.